The zero-order chi connectivity index (χ0) is 15.1. The lowest BCUT2D eigenvalue weighted by atomic mass is 10.1. The van der Waals surface area contributed by atoms with Crippen molar-refractivity contribution in [2.75, 3.05) is 0 Å². The average molecular weight is 312 g/mol. The Morgan fingerprint density at radius 1 is 1.05 bits per heavy atom. The van der Waals surface area contributed by atoms with Crippen molar-refractivity contribution >= 4 is 21.4 Å². The monoisotopic (exact) mass is 312 g/mol. The van der Waals surface area contributed by atoms with E-state index < -0.39 is 28.6 Å². The van der Waals surface area contributed by atoms with Crippen LogP contribution in [0.4, 0.5) is 26.3 Å². The highest BCUT2D eigenvalue weighted by atomic mass is 32.1. The van der Waals surface area contributed by atoms with Gasteiger partial charge < -0.3 is 0 Å². The van der Waals surface area contributed by atoms with Gasteiger partial charge in [-0.25, -0.2) is 8.78 Å². The molecule has 0 amide bonds. The second-order valence-electron chi connectivity index (χ2n) is 3.97. The van der Waals surface area contributed by atoms with Crippen LogP contribution in [-0.4, -0.2) is 12.3 Å². The second kappa shape index (κ2) is 4.76. The van der Waals surface area contributed by atoms with Crippen LogP contribution in [0.25, 0.3) is 10.1 Å². The predicted octanol–water partition coefficient (Wildman–Crippen LogP) is 4.25. The minimum absolute atomic E-state index is 0.0275. The van der Waals surface area contributed by atoms with E-state index >= 15 is 0 Å². The summed E-state index contributed by atoms with van der Waals surface area (Å²) < 4.78 is 77.2. The summed E-state index contributed by atoms with van der Waals surface area (Å²) in [6, 6.07) is 5.79. The molecule has 2 aromatic rings. The molecule has 1 heterocycles. The highest BCUT2D eigenvalue weighted by molar-refractivity contribution is 7.18. The summed E-state index contributed by atoms with van der Waals surface area (Å²) in [7, 11) is 0. The fourth-order valence-electron chi connectivity index (χ4n) is 1.56. The van der Waals surface area contributed by atoms with Crippen molar-refractivity contribution in [2.45, 2.75) is 18.3 Å². The minimum atomic E-state index is -5.54. The van der Waals surface area contributed by atoms with Crippen molar-refractivity contribution in [1.29, 1.82) is 0 Å². The molecule has 108 valence electrons. The molecule has 0 radical (unpaired) electrons. The van der Waals surface area contributed by atoms with Crippen LogP contribution >= 0.6 is 11.3 Å². The number of hydrogen-bond donors (Lipinski definition) is 0. The lowest BCUT2D eigenvalue weighted by Crippen LogP contribution is -2.44. The maximum atomic E-state index is 13.5. The van der Waals surface area contributed by atoms with Gasteiger partial charge in [0, 0.05) is 16.2 Å². The van der Waals surface area contributed by atoms with Gasteiger partial charge in [-0.2, -0.15) is 17.6 Å². The van der Waals surface area contributed by atoms with Crippen LogP contribution in [0.5, 0.6) is 0 Å². The smallest absolute Gasteiger partial charge is 0.289 e. The number of fused-ring (bicyclic) bond motifs is 1. The lowest BCUT2D eigenvalue weighted by Gasteiger charge is -2.25. The van der Waals surface area contributed by atoms with Crippen LogP contribution in [0.2, 0.25) is 0 Å². The van der Waals surface area contributed by atoms with Crippen LogP contribution in [0, 0.1) is 0 Å². The SMILES string of the molecule is O=c1cc(C(F)(F)C(F)(F)C(F)F)sc2ccccc12. The topological polar surface area (TPSA) is 17.1 Å². The molecule has 1 nitrogen and oxygen atoms in total. The summed E-state index contributed by atoms with van der Waals surface area (Å²) >= 11 is 0.189. The van der Waals surface area contributed by atoms with Crippen LogP contribution in [0.15, 0.2) is 35.1 Å². The summed E-state index contributed by atoms with van der Waals surface area (Å²) in [5.74, 6) is -10.7. The molecule has 0 spiro atoms. The van der Waals surface area contributed by atoms with Crippen molar-refractivity contribution < 1.29 is 26.3 Å². The maximum absolute atomic E-state index is 13.5. The Morgan fingerprint density at radius 3 is 2.25 bits per heavy atom. The van der Waals surface area contributed by atoms with Gasteiger partial charge in [-0.15, -0.1) is 11.3 Å². The quantitative estimate of drug-likeness (QED) is 0.774. The minimum Gasteiger partial charge on any atom is -0.289 e. The summed E-state index contributed by atoms with van der Waals surface area (Å²) in [6.45, 7) is 0. The number of halogens is 6. The summed E-state index contributed by atoms with van der Waals surface area (Å²) in [5, 5.41) is 0.0670. The van der Waals surface area contributed by atoms with Crippen LogP contribution in [0.1, 0.15) is 4.88 Å². The van der Waals surface area contributed by atoms with E-state index in [2.05, 4.69) is 0 Å². The highest BCUT2D eigenvalue weighted by Gasteiger charge is 2.64. The summed E-state index contributed by atoms with van der Waals surface area (Å²) in [4.78, 5) is 10.2. The van der Waals surface area contributed by atoms with E-state index in [-0.39, 0.29) is 27.5 Å². The molecular formula is C12H6F6OS. The van der Waals surface area contributed by atoms with E-state index in [1.807, 2.05) is 0 Å². The number of rotatable bonds is 3. The van der Waals surface area contributed by atoms with Crippen molar-refractivity contribution in [3.8, 4) is 0 Å². The first kappa shape index (κ1) is 14.8. The molecule has 0 fully saturated rings. The van der Waals surface area contributed by atoms with Gasteiger partial charge in [0.1, 0.15) is 0 Å². The van der Waals surface area contributed by atoms with Crippen LogP contribution in [-0.2, 0) is 5.92 Å². The van der Waals surface area contributed by atoms with E-state index in [0.717, 1.165) is 0 Å². The summed E-state index contributed by atoms with van der Waals surface area (Å²) in [5.41, 5.74) is -0.918. The standard InChI is InChI=1S/C12H6F6OS/c13-10(14)12(17,18)11(15,16)9-5-7(19)6-3-1-2-4-8(6)20-9/h1-5,10H. The predicted molar refractivity (Wildman–Crippen MR) is 62.9 cm³/mol. The van der Waals surface area contributed by atoms with E-state index in [1.54, 1.807) is 0 Å². The number of benzene rings is 1. The first-order chi connectivity index (χ1) is 9.18. The summed E-state index contributed by atoms with van der Waals surface area (Å²) in [6.07, 6.45) is -4.54. The Bertz CT molecular complexity index is 694. The molecule has 0 saturated heterocycles. The van der Waals surface area contributed by atoms with Gasteiger partial charge in [0.25, 0.3) is 0 Å². The van der Waals surface area contributed by atoms with Gasteiger partial charge in [0.2, 0.25) is 0 Å². The van der Waals surface area contributed by atoms with Crippen molar-refractivity contribution in [3.63, 3.8) is 0 Å². The third kappa shape index (κ3) is 2.17. The molecule has 20 heavy (non-hydrogen) atoms. The fourth-order valence-corrected chi connectivity index (χ4v) is 2.65. The van der Waals surface area contributed by atoms with E-state index in [0.29, 0.717) is 0 Å². The van der Waals surface area contributed by atoms with Crippen molar-refractivity contribution in [1.82, 2.24) is 0 Å². The Hall–Kier alpha value is -1.57. The molecule has 1 aromatic carbocycles. The van der Waals surface area contributed by atoms with Crippen molar-refractivity contribution in [3.05, 3.63) is 45.4 Å². The first-order valence-electron chi connectivity index (χ1n) is 5.25. The molecule has 1 aromatic heterocycles. The largest absolute Gasteiger partial charge is 0.374 e. The fraction of sp³-hybridized carbons (Fsp3) is 0.250. The molecule has 0 bridgehead atoms. The Balaban J connectivity index is 2.67. The highest BCUT2D eigenvalue weighted by Crippen LogP contribution is 2.47. The van der Waals surface area contributed by atoms with Gasteiger partial charge in [0.05, 0.1) is 4.88 Å². The Labute approximate surface area is 112 Å². The first-order valence-corrected chi connectivity index (χ1v) is 6.06. The molecule has 0 unspecified atom stereocenters. The normalized spacial score (nSPS) is 13.2. The number of hydrogen-bond acceptors (Lipinski definition) is 2. The second-order valence-corrected chi connectivity index (χ2v) is 5.05. The average Bonchev–Trinajstić information content (AvgIpc) is 2.38. The molecule has 8 heteroatoms. The van der Waals surface area contributed by atoms with Gasteiger partial charge in [-0.3, -0.25) is 4.79 Å². The number of alkyl halides is 6. The Morgan fingerprint density at radius 2 is 1.65 bits per heavy atom. The Kier molecular flexibility index (Phi) is 3.53. The molecular weight excluding hydrogens is 306 g/mol. The van der Waals surface area contributed by atoms with E-state index in [1.165, 1.54) is 24.3 Å². The lowest BCUT2D eigenvalue weighted by molar-refractivity contribution is -0.268. The molecule has 0 aliphatic carbocycles. The molecule has 0 atom stereocenters. The van der Waals surface area contributed by atoms with Crippen LogP contribution in [0.3, 0.4) is 0 Å². The molecule has 2 rings (SSSR count). The van der Waals surface area contributed by atoms with Gasteiger partial charge >= 0.3 is 18.3 Å². The zero-order valence-electron chi connectivity index (χ0n) is 9.55. The zero-order valence-corrected chi connectivity index (χ0v) is 10.4. The third-order valence-corrected chi connectivity index (χ3v) is 3.81. The molecule has 0 aliphatic rings. The van der Waals surface area contributed by atoms with E-state index in [9.17, 15) is 31.1 Å². The van der Waals surface area contributed by atoms with Gasteiger partial charge in [-0.1, -0.05) is 12.1 Å². The molecule has 0 N–H and O–H groups in total. The molecule has 0 saturated carbocycles. The van der Waals surface area contributed by atoms with Crippen molar-refractivity contribution in [2.24, 2.45) is 0 Å². The maximum Gasteiger partial charge on any atom is 0.374 e. The van der Waals surface area contributed by atoms with Gasteiger partial charge in [-0.05, 0) is 12.1 Å². The van der Waals surface area contributed by atoms with Gasteiger partial charge in [0.15, 0.2) is 5.43 Å². The molecule has 0 aliphatic heterocycles. The third-order valence-electron chi connectivity index (χ3n) is 2.64. The van der Waals surface area contributed by atoms with Crippen LogP contribution < -0.4 is 5.43 Å². The van der Waals surface area contributed by atoms with E-state index in [4.69, 9.17) is 0 Å².